The van der Waals surface area contributed by atoms with Crippen LogP contribution in [0.5, 0.6) is 0 Å². The first kappa shape index (κ1) is 13.4. The van der Waals surface area contributed by atoms with Gasteiger partial charge in [-0.1, -0.05) is 6.07 Å². The number of rotatable bonds is 2. The van der Waals surface area contributed by atoms with Crippen molar-refractivity contribution in [3.63, 3.8) is 0 Å². The van der Waals surface area contributed by atoms with Crippen LogP contribution in [0.15, 0.2) is 18.2 Å². The second kappa shape index (κ2) is 5.75. The van der Waals surface area contributed by atoms with Crippen LogP contribution >= 0.6 is 0 Å². The quantitative estimate of drug-likeness (QED) is 0.879. The highest BCUT2D eigenvalue weighted by Crippen LogP contribution is 2.27. The van der Waals surface area contributed by atoms with Crippen molar-refractivity contribution in [3.05, 3.63) is 29.3 Å². The van der Waals surface area contributed by atoms with E-state index in [2.05, 4.69) is 16.3 Å². The van der Waals surface area contributed by atoms with E-state index in [1.807, 2.05) is 25.1 Å². The van der Waals surface area contributed by atoms with Gasteiger partial charge >= 0.3 is 0 Å². The van der Waals surface area contributed by atoms with Crippen molar-refractivity contribution in [3.8, 4) is 6.07 Å². The van der Waals surface area contributed by atoms with Gasteiger partial charge in [0.2, 0.25) is 5.91 Å². The maximum atomic E-state index is 11.8. The summed E-state index contributed by atoms with van der Waals surface area (Å²) in [4.78, 5) is 13.9. The fourth-order valence-corrected chi connectivity index (χ4v) is 2.61. The topological polar surface area (TPSA) is 56.1 Å². The number of hydrogen-bond acceptors (Lipinski definition) is 3. The van der Waals surface area contributed by atoms with Crippen LogP contribution in [-0.2, 0) is 4.79 Å². The predicted octanol–water partition coefficient (Wildman–Crippen LogP) is 1.83. The Kier molecular flexibility index (Phi) is 4.06. The molecule has 0 aromatic heterocycles. The van der Waals surface area contributed by atoms with Crippen molar-refractivity contribution in [2.24, 2.45) is 5.92 Å². The van der Waals surface area contributed by atoms with E-state index in [-0.39, 0.29) is 11.8 Å². The first-order valence-electron chi connectivity index (χ1n) is 6.63. The fraction of sp³-hybridized carbons (Fsp3) is 0.467. The zero-order chi connectivity index (χ0) is 13.8. The molecule has 1 heterocycles. The zero-order valence-corrected chi connectivity index (χ0v) is 11.4. The molecule has 0 bridgehead atoms. The summed E-state index contributed by atoms with van der Waals surface area (Å²) in [7, 11) is 1.68. The van der Waals surface area contributed by atoms with E-state index in [0.717, 1.165) is 30.6 Å². The lowest BCUT2D eigenvalue weighted by Crippen LogP contribution is -2.42. The summed E-state index contributed by atoms with van der Waals surface area (Å²) in [6.07, 6.45) is 1.90. The molecule has 0 radical (unpaired) electrons. The molecule has 0 aliphatic carbocycles. The predicted molar refractivity (Wildman–Crippen MR) is 74.9 cm³/mol. The first-order valence-corrected chi connectivity index (χ1v) is 6.63. The van der Waals surface area contributed by atoms with Crippen LogP contribution in [-0.4, -0.2) is 26.0 Å². The highest BCUT2D eigenvalue weighted by molar-refractivity contribution is 5.79. The Morgan fingerprint density at radius 2 is 2.32 bits per heavy atom. The van der Waals surface area contributed by atoms with Gasteiger partial charge in [-0.05, 0) is 37.5 Å². The third-order valence-electron chi connectivity index (χ3n) is 3.65. The number of carbonyl (C=O) groups is 1. The van der Waals surface area contributed by atoms with Gasteiger partial charge in [0.05, 0.1) is 17.2 Å². The number of carbonyl (C=O) groups excluding carboxylic acids is 1. The smallest absolute Gasteiger partial charge is 0.224 e. The summed E-state index contributed by atoms with van der Waals surface area (Å²) in [6, 6.07) is 8.07. The van der Waals surface area contributed by atoms with Gasteiger partial charge in [0.1, 0.15) is 6.07 Å². The Labute approximate surface area is 114 Å². The van der Waals surface area contributed by atoms with Crippen LogP contribution in [0.1, 0.15) is 24.0 Å². The Morgan fingerprint density at radius 1 is 1.53 bits per heavy atom. The van der Waals surface area contributed by atoms with Crippen molar-refractivity contribution in [2.75, 3.05) is 25.0 Å². The molecular formula is C15H19N3O. The van der Waals surface area contributed by atoms with Crippen molar-refractivity contribution in [2.45, 2.75) is 19.8 Å². The lowest BCUT2D eigenvalue weighted by Gasteiger charge is -2.34. The zero-order valence-electron chi connectivity index (χ0n) is 11.4. The highest BCUT2D eigenvalue weighted by Gasteiger charge is 2.26. The average Bonchev–Trinajstić information content (AvgIpc) is 2.46. The molecule has 1 aliphatic rings. The molecule has 1 atom stereocenters. The van der Waals surface area contributed by atoms with E-state index in [1.54, 1.807) is 7.05 Å². The van der Waals surface area contributed by atoms with Gasteiger partial charge in [-0.15, -0.1) is 0 Å². The number of piperidine rings is 1. The van der Waals surface area contributed by atoms with Gasteiger partial charge in [-0.3, -0.25) is 4.79 Å². The molecule has 1 fully saturated rings. The second-order valence-electron chi connectivity index (χ2n) is 5.03. The lowest BCUT2D eigenvalue weighted by atomic mass is 9.96. The molecule has 19 heavy (non-hydrogen) atoms. The number of anilines is 1. The van der Waals surface area contributed by atoms with E-state index < -0.39 is 0 Å². The summed E-state index contributed by atoms with van der Waals surface area (Å²) in [6.45, 7) is 3.62. The van der Waals surface area contributed by atoms with Crippen LogP contribution in [0.3, 0.4) is 0 Å². The van der Waals surface area contributed by atoms with Crippen LogP contribution in [0.25, 0.3) is 0 Å². The van der Waals surface area contributed by atoms with Gasteiger partial charge in [0, 0.05) is 20.1 Å². The van der Waals surface area contributed by atoms with E-state index >= 15 is 0 Å². The minimum absolute atomic E-state index is 0.0193. The largest absolute Gasteiger partial charge is 0.370 e. The monoisotopic (exact) mass is 257 g/mol. The number of amides is 1. The number of nitrogens with one attached hydrogen (secondary N) is 1. The van der Waals surface area contributed by atoms with Gasteiger partial charge in [-0.2, -0.15) is 5.26 Å². The number of nitrogens with zero attached hydrogens (tertiary/aromatic N) is 2. The van der Waals surface area contributed by atoms with E-state index in [4.69, 9.17) is 0 Å². The van der Waals surface area contributed by atoms with Crippen LogP contribution in [0, 0.1) is 24.2 Å². The van der Waals surface area contributed by atoms with Crippen molar-refractivity contribution in [1.29, 1.82) is 5.26 Å². The molecular weight excluding hydrogens is 238 g/mol. The standard InChI is InChI=1S/C15H19N3O/c1-11-5-6-12(9-16)14(8-11)18-7-3-4-13(10-18)15(19)17-2/h5-6,8,13H,3-4,7,10H2,1-2H3,(H,17,19). The summed E-state index contributed by atoms with van der Waals surface area (Å²) in [5.41, 5.74) is 2.77. The normalized spacial score (nSPS) is 18.8. The minimum atomic E-state index is 0.0193. The molecule has 4 nitrogen and oxygen atoms in total. The van der Waals surface area contributed by atoms with Crippen LogP contribution in [0.4, 0.5) is 5.69 Å². The summed E-state index contributed by atoms with van der Waals surface area (Å²) in [5.74, 6) is 0.113. The first-order chi connectivity index (χ1) is 9.15. The maximum absolute atomic E-state index is 11.8. The fourth-order valence-electron chi connectivity index (χ4n) is 2.61. The second-order valence-corrected chi connectivity index (χ2v) is 5.03. The van der Waals surface area contributed by atoms with Gasteiger partial charge in [0.25, 0.3) is 0 Å². The van der Waals surface area contributed by atoms with Crippen LogP contribution in [0.2, 0.25) is 0 Å². The number of hydrogen-bond donors (Lipinski definition) is 1. The summed E-state index contributed by atoms with van der Waals surface area (Å²) >= 11 is 0. The molecule has 1 unspecified atom stereocenters. The van der Waals surface area contributed by atoms with Gasteiger partial charge in [-0.25, -0.2) is 0 Å². The van der Waals surface area contributed by atoms with Gasteiger partial charge in [0.15, 0.2) is 0 Å². The summed E-state index contributed by atoms with van der Waals surface area (Å²) < 4.78 is 0. The maximum Gasteiger partial charge on any atom is 0.224 e. The molecule has 2 rings (SSSR count). The van der Waals surface area contributed by atoms with Crippen molar-refractivity contribution in [1.82, 2.24) is 5.32 Å². The van der Waals surface area contributed by atoms with Crippen molar-refractivity contribution >= 4 is 11.6 Å². The molecule has 1 aromatic rings. The summed E-state index contributed by atoms with van der Waals surface area (Å²) in [5, 5.41) is 11.9. The van der Waals surface area contributed by atoms with Crippen molar-refractivity contribution < 1.29 is 4.79 Å². The molecule has 1 amide bonds. The average molecular weight is 257 g/mol. The molecule has 1 saturated heterocycles. The number of aryl methyl sites for hydroxylation is 1. The van der Waals surface area contributed by atoms with Crippen LogP contribution < -0.4 is 10.2 Å². The Morgan fingerprint density at radius 3 is 3.00 bits per heavy atom. The number of nitriles is 1. The molecule has 4 heteroatoms. The molecule has 0 spiro atoms. The molecule has 0 saturated carbocycles. The third-order valence-corrected chi connectivity index (χ3v) is 3.65. The minimum Gasteiger partial charge on any atom is -0.370 e. The SMILES string of the molecule is CNC(=O)C1CCCN(c2cc(C)ccc2C#N)C1. The Balaban J connectivity index is 2.24. The van der Waals surface area contributed by atoms with E-state index in [1.165, 1.54) is 0 Å². The Hall–Kier alpha value is -2.02. The highest BCUT2D eigenvalue weighted by atomic mass is 16.1. The van der Waals surface area contributed by atoms with E-state index in [9.17, 15) is 10.1 Å². The third kappa shape index (κ3) is 2.87. The Bertz CT molecular complexity index is 519. The lowest BCUT2D eigenvalue weighted by molar-refractivity contribution is -0.124. The molecule has 100 valence electrons. The van der Waals surface area contributed by atoms with E-state index in [0.29, 0.717) is 12.1 Å². The van der Waals surface area contributed by atoms with Gasteiger partial charge < -0.3 is 10.2 Å². The molecule has 1 N–H and O–H groups in total. The molecule has 1 aliphatic heterocycles. The molecule has 1 aromatic carbocycles. The number of benzene rings is 1.